The second-order valence-electron chi connectivity index (χ2n) is 4.74. The molecule has 0 bridgehead atoms. The van der Waals surface area contributed by atoms with Gasteiger partial charge in [-0.1, -0.05) is 34.1 Å². The Bertz CT molecular complexity index is 660. The van der Waals surface area contributed by atoms with Gasteiger partial charge in [-0.3, -0.25) is 4.79 Å². The lowest BCUT2D eigenvalue weighted by Gasteiger charge is -2.13. The van der Waals surface area contributed by atoms with Crippen LogP contribution in [-0.4, -0.2) is 5.97 Å². The highest BCUT2D eigenvalue weighted by atomic mass is 79.9. The fourth-order valence-corrected chi connectivity index (χ4v) is 2.34. The van der Waals surface area contributed by atoms with E-state index in [-0.39, 0.29) is 18.4 Å². The van der Waals surface area contributed by atoms with Gasteiger partial charge < -0.3 is 10.5 Å². The molecule has 1 atom stereocenters. The Morgan fingerprint density at radius 1 is 1.33 bits per heavy atom. The summed E-state index contributed by atoms with van der Waals surface area (Å²) in [5.74, 6) is -1.10. The van der Waals surface area contributed by atoms with E-state index in [2.05, 4.69) is 15.9 Å². The molecule has 0 aliphatic rings. The van der Waals surface area contributed by atoms with Gasteiger partial charge in [0.15, 0.2) is 0 Å². The van der Waals surface area contributed by atoms with Crippen molar-refractivity contribution in [3.05, 3.63) is 63.9 Å². The first kappa shape index (κ1) is 15.5. The van der Waals surface area contributed by atoms with Crippen molar-refractivity contribution in [2.75, 3.05) is 5.73 Å². The van der Waals surface area contributed by atoms with Crippen molar-refractivity contribution in [3.63, 3.8) is 0 Å². The highest BCUT2D eigenvalue weighted by molar-refractivity contribution is 9.10. The predicted molar refractivity (Wildman–Crippen MR) is 83.2 cm³/mol. The normalized spacial score (nSPS) is 12.0. The summed E-state index contributed by atoms with van der Waals surface area (Å²) >= 11 is 3.24. The average Bonchev–Trinajstić information content (AvgIpc) is 2.45. The Hall–Kier alpha value is -1.88. The summed E-state index contributed by atoms with van der Waals surface area (Å²) in [6.07, 6.45) is 0. The number of benzene rings is 2. The number of halogens is 2. The number of anilines is 1. The Morgan fingerprint density at radius 2 is 2.10 bits per heavy atom. The molecule has 0 fully saturated rings. The molecule has 0 spiro atoms. The van der Waals surface area contributed by atoms with E-state index in [4.69, 9.17) is 10.5 Å². The molecular weight excluding hydrogens is 337 g/mol. The minimum atomic E-state index is -0.410. The molecule has 0 radical (unpaired) electrons. The first-order valence-electron chi connectivity index (χ1n) is 6.43. The first-order chi connectivity index (χ1) is 9.97. The zero-order valence-electron chi connectivity index (χ0n) is 11.5. The van der Waals surface area contributed by atoms with Crippen molar-refractivity contribution in [2.45, 2.75) is 19.4 Å². The fourth-order valence-electron chi connectivity index (χ4n) is 1.88. The van der Waals surface area contributed by atoms with Gasteiger partial charge in [0, 0.05) is 15.7 Å². The largest absolute Gasteiger partial charge is 0.460 e. The monoisotopic (exact) mass is 351 g/mol. The zero-order valence-corrected chi connectivity index (χ0v) is 13.1. The van der Waals surface area contributed by atoms with Gasteiger partial charge in [0.05, 0.1) is 5.92 Å². The predicted octanol–water partition coefficient (Wildman–Crippen LogP) is 4.02. The number of carbonyl (C=O) groups is 1. The highest BCUT2D eigenvalue weighted by Gasteiger charge is 2.17. The summed E-state index contributed by atoms with van der Waals surface area (Å²) in [4.78, 5) is 12.1. The third kappa shape index (κ3) is 4.04. The molecule has 0 aliphatic carbocycles. The van der Waals surface area contributed by atoms with Gasteiger partial charge >= 0.3 is 5.97 Å². The third-order valence-electron chi connectivity index (χ3n) is 3.15. The summed E-state index contributed by atoms with van der Waals surface area (Å²) in [5, 5.41) is 0. The number of carbonyl (C=O) groups excluding carboxylic acids is 1. The van der Waals surface area contributed by atoms with Crippen LogP contribution in [0.2, 0.25) is 0 Å². The number of esters is 1. The molecule has 2 rings (SSSR count). The lowest BCUT2D eigenvalue weighted by atomic mass is 10.0. The summed E-state index contributed by atoms with van der Waals surface area (Å²) in [5.41, 5.74) is 7.82. The minimum Gasteiger partial charge on any atom is -0.460 e. The summed E-state index contributed by atoms with van der Waals surface area (Å²) in [6.45, 7) is 1.85. The Kier molecular flexibility index (Phi) is 4.96. The summed E-state index contributed by atoms with van der Waals surface area (Å²) in [7, 11) is 0. The Labute approximate surface area is 131 Å². The summed E-state index contributed by atoms with van der Waals surface area (Å²) < 4.78 is 18.8. The van der Waals surface area contributed by atoms with E-state index in [1.807, 2.05) is 6.07 Å². The van der Waals surface area contributed by atoms with Crippen molar-refractivity contribution in [2.24, 2.45) is 0 Å². The molecule has 110 valence electrons. The van der Waals surface area contributed by atoms with Gasteiger partial charge in [0.1, 0.15) is 12.4 Å². The zero-order chi connectivity index (χ0) is 15.4. The molecule has 0 saturated carbocycles. The molecular formula is C16H15BrFNO2. The molecule has 2 N–H and O–H groups in total. The smallest absolute Gasteiger partial charge is 0.313 e. The van der Waals surface area contributed by atoms with Gasteiger partial charge in [-0.05, 0) is 36.8 Å². The Morgan fingerprint density at radius 3 is 2.76 bits per heavy atom. The molecule has 3 nitrogen and oxygen atoms in total. The molecule has 2 aromatic rings. The topological polar surface area (TPSA) is 52.3 Å². The van der Waals surface area contributed by atoms with Crippen LogP contribution in [0.15, 0.2) is 46.9 Å². The molecule has 0 aromatic heterocycles. The van der Waals surface area contributed by atoms with E-state index >= 15 is 0 Å². The maximum Gasteiger partial charge on any atom is 0.313 e. The van der Waals surface area contributed by atoms with Crippen LogP contribution < -0.4 is 5.73 Å². The average molecular weight is 352 g/mol. The van der Waals surface area contributed by atoms with Crippen LogP contribution in [0.4, 0.5) is 10.1 Å². The summed E-state index contributed by atoms with van der Waals surface area (Å²) in [6, 6.07) is 11.4. The number of hydrogen-bond acceptors (Lipinski definition) is 3. The van der Waals surface area contributed by atoms with Crippen LogP contribution in [0.25, 0.3) is 0 Å². The maximum atomic E-state index is 13.0. The molecule has 21 heavy (non-hydrogen) atoms. The molecule has 0 saturated heterocycles. The first-order valence-corrected chi connectivity index (χ1v) is 7.22. The lowest BCUT2D eigenvalue weighted by Crippen LogP contribution is -2.13. The number of rotatable bonds is 4. The van der Waals surface area contributed by atoms with Crippen LogP contribution in [-0.2, 0) is 16.1 Å². The Balaban J connectivity index is 2.01. The quantitative estimate of drug-likeness (QED) is 0.668. The van der Waals surface area contributed by atoms with Crippen LogP contribution in [0, 0.1) is 5.82 Å². The van der Waals surface area contributed by atoms with Gasteiger partial charge in [-0.2, -0.15) is 0 Å². The van der Waals surface area contributed by atoms with Crippen LogP contribution >= 0.6 is 15.9 Å². The highest BCUT2D eigenvalue weighted by Crippen LogP contribution is 2.22. The van der Waals surface area contributed by atoms with E-state index in [1.165, 1.54) is 12.1 Å². The SMILES string of the molecule is CC(C(=O)OCc1ccc(F)cc1Br)c1cccc(N)c1. The van der Waals surface area contributed by atoms with Crippen LogP contribution in [0.5, 0.6) is 0 Å². The van der Waals surface area contributed by atoms with E-state index < -0.39 is 5.92 Å². The maximum absolute atomic E-state index is 13.0. The van der Waals surface area contributed by atoms with E-state index in [1.54, 1.807) is 31.2 Å². The van der Waals surface area contributed by atoms with Crippen LogP contribution in [0.3, 0.4) is 0 Å². The number of hydrogen-bond donors (Lipinski definition) is 1. The van der Waals surface area contributed by atoms with E-state index in [0.717, 1.165) is 5.56 Å². The second-order valence-corrected chi connectivity index (χ2v) is 5.59. The molecule has 0 amide bonds. The van der Waals surface area contributed by atoms with E-state index in [0.29, 0.717) is 15.7 Å². The number of nitrogen functional groups attached to an aromatic ring is 1. The molecule has 1 unspecified atom stereocenters. The van der Waals surface area contributed by atoms with Gasteiger partial charge in [-0.15, -0.1) is 0 Å². The van der Waals surface area contributed by atoms with Gasteiger partial charge in [0.25, 0.3) is 0 Å². The van der Waals surface area contributed by atoms with Crippen molar-refractivity contribution in [3.8, 4) is 0 Å². The molecule has 5 heteroatoms. The number of nitrogens with two attached hydrogens (primary N) is 1. The minimum absolute atomic E-state index is 0.0896. The van der Waals surface area contributed by atoms with Gasteiger partial charge in [-0.25, -0.2) is 4.39 Å². The molecule has 0 heterocycles. The fraction of sp³-hybridized carbons (Fsp3) is 0.188. The standard InChI is InChI=1S/C16H15BrFNO2/c1-10(11-3-2-4-14(19)7-11)16(20)21-9-12-5-6-13(18)8-15(12)17/h2-8,10H,9,19H2,1H3. The van der Waals surface area contributed by atoms with Crippen LogP contribution in [0.1, 0.15) is 24.0 Å². The molecule has 0 aliphatic heterocycles. The van der Waals surface area contributed by atoms with Gasteiger partial charge in [0.2, 0.25) is 0 Å². The van der Waals surface area contributed by atoms with Crippen molar-refractivity contribution in [1.29, 1.82) is 0 Å². The second kappa shape index (κ2) is 6.72. The van der Waals surface area contributed by atoms with Crippen molar-refractivity contribution >= 4 is 27.6 Å². The third-order valence-corrected chi connectivity index (χ3v) is 3.89. The lowest BCUT2D eigenvalue weighted by molar-refractivity contribution is -0.146. The number of ether oxygens (including phenoxy) is 1. The molecule has 2 aromatic carbocycles. The van der Waals surface area contributed by atoms with Crippen molar-refractivity contribution < 1.29 is 13.9 Å². The van der Waals surface area contributed by atoms with E-state index in [9.17, 15) is 9.18 Å². The van der Waals surface area contributed by atoms with Crippen molar-refractivity contribution in [1.82, 2.24) is 0 Å².